The van der Waals surface area contributed by atoms with Gasteiger partial charge in [0.15, 0.2) is 5.13 Å². The molecule has 3 N–H and O–H groups in total. The molecule has 0 bridgehead atoms. The van der Waals surface area contributed by atoms with Crippen molar-refractivity contribution in [3.8, 4) is 0 Å². The molecule has 100 valence electrons. The predicted octanol–water partition coefficient (Wildman–Crippen LogP) is 0.814. The third-order valence-electron chi connectivity index (χ3n) is 1.72. The Hall–Kier alpha value is -1.84. The average molecular weight is 283 g/mol. The number of anilines is 1. The average Bonchev–Trinajstić information content (AvgIpc) is 2.59. The summed E-state index contributed by atoms with van der Waals surface area (Å²) in [6, 6.07) is 0. The van der Waals surface area contributed by atoms with Gasteiger partial charge in [0, 0.05) is 5.38 Å². The van der Waals surface area contributed by atoms with Crippen molar-refractivity contribution in [1.82, 2.24) is 9.88 Å². The van der Waals surface area contributed by atoms with Gasteiger partial charge in [0.2, 0.25) is 0 Å². The molecule has 0 aliphatic rings. The SMILES string of the molecule is Nc1nc(C(=O)N(CC(=O)O)CC(F)(F)F)cs1. The highest BCUT2D eigenvalue weighted by Crippen LogP contribution is 2.19. The van der Waals surface area contributed by atoms with Crippen molar-refractivity contribution in [2.24, 2.45) is 0 Å². The number of hydrogen-bond donors (Lipinski definition) is 2. The summed E-state index contributed by atoms with van der Waals surface area (Å²) in [4.78, 5) is 25.7. The molecule has 10 heteroatoms. The molecule has 0 aliphatic carbocycles. The molecule has 0 radical (unpaired) electrons. The molecule has 1 heterocycles. The van der Waals surface area contributed by atoms with Gasteiger partial charge in [-0.3, -0.25) is 9.59 Å². The zero-order chi connectivity index (χ0) is 13.9. The second-order valence-electron chi connectivity index (χ2n) is 3.24. The Morgan fingerprint density at radius 3 is 2.50 bits per heavy atom. The Morgan fingerprint density at radius 1 is 1.50 bits per heavy atom. The number of nitrogen functional groups attached to an aromatic ring is 1. The fourth-order valence-corrected chi connectivity index (χ4v) is 1.66. The Morgan fingerprint density at radius 2 is 2.11 bits per heavy atom. The summed E-state index contributed by atoms with van der Waals surface area (Å²) in [5, 5.41) is 9.66. The Balaban J connectivity index is 2.88. The van der Waals surface area contributed by atoms with Crippen LogP contribution in [0, 0.1) is 0 Å². The Bertz CT molecular complexity index is 460. The molecular weight excluding hydrogens is 275 g/mol. The minimum atomic E-state index is -4.69. The van der Waals surface area contributed by atoms with E-state index in [4.69, 9.17) is 10.8 Å². The van der Waals surface area contributed by atoms with Crippen molar-refractivity contribution in [3.63, 3.8) is 0 Å². The van der Waals surface area contributed by atoms with Crippen molar-refractivity contribution in [1.29, 1.82) is 0 Å². The summed E-state index contributed by atoms with van der Waals surface area (Å²) in [7, 11) is 0. The molecule has 1 aromatic rings. The normalized spacial score (nSPS) is 11.3. The summed E-state index contributed by atoms with van der Waals surface area (Å²) in [5.41, 5.74) is 4.94. The van der Waals surface area contributed by atoms with E-state index < -0.39 is 31.1 Å². The number of hydrogen-bond acceptors (Lipinski definition) is 5. The van der Waals surface area contributed by atoms with Crippen LogP contribution in [0.4, 0.5) is 18.3 Å². The van der Waals surface area contributed by atoms with Crippen molar-refractivity contribution in [2.75, 3.05) is 18.8 Å². The van der Waals surface area contributed by atoms with Gasteiger partial charge in [0.05, 0.1) is 0 Å². The highest BCUT2D eigenvalue weighted by molar-refractivity contribution is 7.13. The van der Waals surface area contributed by atoms with Gasteiger partial charge in [-0.15, -0.1) is 11.3 Å². The topological polar surface area (TPSA) is 96.5 Å². The van der Waals surface area contributed by atoms with Crippen LogP contribution in [0.25, 0.3) is 0 Å². The number of rotatable bonds is 4. The summed E-state index contributed by atoms with van der Waals surface area (Å²) in [5.74, 6) is -2.67. The maximum atomic E-state index is 12.2. The smallest absolute Gasteiger partial charge is 0.406 e. The number of thiazole rings is 1. The molecule has 0 aliphatic heterocycles. The predicted molar refractivity (Wildman–Crippen MR) is 56.1 cm³/mol. The lowest BCUT2D eigenvalue weighted by molar-refractivity contribution is -0.149. The first kappa shape index (κ1) is 14.2. The van der Waals surface area contributed by atoms with Crippen LogP contribution in [0.2, 0.25) is 0 Å². The quantitative estimate of drug-likeness (QED) is 0.852. The molecule has 0 aromatic carbocycles. The number of halogens is 3. The molecule has 0 saturated carbocycles. The second-order valence-corrected chi connectivity index (χ2v) is 4.13. The fourth-order valence-electron chi connectivity index (χ4n) is 1.13. The summed E-state index contributed by atoms with van der Waals surface area (Å²) in [6.45, 7) is -2.72. The van der Waals surface area contributed by atoms with E-state index in [-0.39, 0.29) is 15.7 Å². The van der Waals surface area contributed by atoms with Crippen LogP contribution in [0.3, 0.4) is 0 Å². The highest BCUT2D eigenvalue weighted by atomic mass is 32.1. The molecule has 0 unspecified atom stereocenters. The number of carbonyl (C=O) groups is 2. The van der Waals surface area contributed by atoms with Crippen LogP contribution >= 0.6 is 11.3 Å². The van der Waals surface area contributed by atoms with Crippen molar-refractivity contribution in [2.45, 2.75) is 6.18 Å². The zero-order valence-corrected chi connectivity index (χ0v) is 9.59. The van der Waals surface area contributed by atoms with E-state index in [1.807, 2.05) is 0 Å². The van der Waals surface area contributed by atoms with Gasteiger partial charge in [-0.25, -0.2) is 4.98 Å². The van der Waals surface area contributed by atoms with Gasteiger partial charge in [-0.05, 0) is 0 Å². The van der Waals surface area contributed by atoms with E-state index >= 15 is 0 Å². The Labute approximate surface area is 103 Å². The largest absolute Gasteiger partial charge is 0.480 e. The number of aromatic nitrogens is 1. The summed E-state index contributed by atoms with van der Waals surface area (Å²) < 4.78 is 36.6. The maximum absolute atomic E-state index is 12.2. The van der Waals surface area contributed by atoms with Crippen molar-refractivity contribution >= 4 is 28.3 Å². The number of nitrogens with zero attached hydrogens (tertiary/aromatic N) is 2. The number of carboxylic acid groups (broad SMARTS) is 1. The van der Waals surface area contributed by atoms with Crippen LogP contribution in [0.15, 0.2) is 5.38 Å². The lowest BCUT2D eigenvalue weighted by atomic mass is 10.3. The lowest BCUT2D eigenvalue weighted by Crippen LogP contribution is -2.42. The van der Waals surface area contributed by atoms with E-state index in [0.29, 0.717) is 0 Å². The summed E-state index contributed by atoms with van der Waals surface area (Å²) >= 11 is 0.877. The highest BCUT2D eigenvalue weighted by Gasteiger charge is 2.34. The first-order chi connectivity index (χ1) is 8.19. The van der Waals surface area contributed by atoms with Gasteiger partial charge in [0.1, 0.15) is 18.8 Å². The molecule has 0 atom stereocenters. The first-order valence-electron chi connectivity index (χ1n) is 4.48. The molecule has 1 rings (SSSR count). The lowest BCUT2D eigenvalue weighted by Gasteiger charge is -2.20. The number of nitrogens with two attached hydrogens (primary N) is 1. The second kappa shape index (κ2) is 5.21. The molecule has 0 fully saturated rings. The number of aliphatic carboxylic acids is 1. The minimum Gasteiger partial charge on any atom is -0.480 e. The number of carboxylic acids is 1. The standard InChI is InChI=1S/C8H8F3N3O3S/c9-8(10,11)3-14(1-5(15)16)6(17)4-2-18-7(12)13-4/h2H,1,3H2,(H2,12,13)(H,15,16). The fraction of sp³-hybridized carbons (Fsp3) is 0.375. The molecule has 18 heavy (non-hydrogen) atoms. The monoisotopic (exact) mass is 283 g/mol. The van der Waals surface area contributed by atoms with E-state index in [0.717, 1.165) is 11.3 Å². The van der Waals surface area contributed by atoms with Gasteiger partial charge < -0.3 is 15.7 Å². The third-order valence-corrected chi connectivity index (χ3v) is 2.40. The molecule has 0 saturated heterocycles. The van der Waals surface area contributed by atoms with Gasteiger partial charge in [-0.2, -0.15) is 13.2 Å². The minimum absolute atomic E-state index is 0.0145. The molecule has 1 aromatic heterocycles. The molecule has 0 spiro atoms. The summed E-state index contributed by atoms with van der Waals surface area (Å²) in [6.07, 6.45) is -4.69. The molecule has 1 amide bonds. The maximum Gasteiger partial charge on any atom is 0.406 e. The van der Waals surface area contributed by atoms with Gasteiger partial charge in [0.25, 0.3) is 5.91 Å². The first-order valence-corrected chi connectivity index (χ1v) is 5.36. The molecule has 6 nitrogen and oxygen atoms in total. The van der Waals surface area contributed by atoms with E-state index in [2.05, 4.69) is 4.98 Å². The van der Waals surface area contributed by atoms with Gasteiger partial charge >= 0.3 is 12.1 Å². The van der Waals surface area contributed by atoms with Crippen LogP contribution in [-0.2, 0) is 4.79 Å². The zero-order valence-electron chi connectivity index (χ0n) is 8.77. The van der Waals surface area contributed by atoms with E-state index in [1.54, 1.807) is 0 Å². The van der Waals surface area contributed by atoms with E-state index in [1.165, 1.54) is 5.38 Å². The van der Waals surface area contributed by atoms with Gasteiger partial charge in [-0.1, -0.05) is 0 Å². The van der Waals surface area contributed by atoms with Crippen LogP contribution in [0.1, 0.15) is 10.5 Å². The number of carbonyl (C=O) groups excluding carboxylic acids is 1. The Kier molecular flexibility index (Phi) is 4.11. The number of amides is 1. The van der Waals surface area contributed by atoms with Crippen LogP contribution in [-0.4, -0.2) is 46.1 Å². The van der Waals surface area contributed by atoms with Crippen LogP contribution < -0.4 is 5.73 Å². The van der Waals surface area contributed by atoms with Crippen molar-refractivity contribution in [3.05, 3.63) is 11.1 Å². The van der Waals surface area contributed by atoms with Crippen LogP contribution in [0.5, 0.6) is 0 Å². The van der Waals surface area contributed by atoms with E-state index in [9.17, 15) is 22.8 Å². The van der Waals surface area contributed by atoms with Crippen molar-refractivity contribution < 1.29 is 27.9 Å². The third kappa shape index (κ3) is 4.20. The molecular formula is C8H8F3N3O3S. The number of alkyl halides is 3.